The second-order valence-electron chi connectivity index (χ2n) is 19.8. The summed E-state index contributed by atoms with van der Waals surface area (Å²) in [6.07, 6.45) is -4.67. The SMILES string of the molecule is N#Cc1ccc(-n2c3ccccc3c3cc4c5ccccc5n(-c5ccccc5)c4cc32)c(-c2cc(-n3c4ccccc4c4cc5c6ccccc6n(-c6ccccc6)c5cc43)ccc2-c2ccc(C(F)(F)F)cc2C#N)c1. The largest absolute Gasteiger partial charge is 0.416 e. The summed E-state index contributed by atoms with van der Waals surface area (Å²) in [5.41, 5.74) is 12.9. The summed E-state index contributed by atoms with van der Waals surface area (Å²) in [5, 5.41) is 30.0. The number of nitrogens with zero attached hydrogens (tertiary/aromatic N) is 6. The van der Waals surface area contributed by atoms with Crippen LogP contribution in [-0.2, 0) is 6.18 Å². The fourth-order valence-electron chi connectivity index (χ4n) is 12.3. The first-order chi connectivity index (χ1) is 38.2. The standard InChI is InChI=1S/C69H39F3N6/c70-69(71,72)44-28-30-48(43(34-44)41-74)49-31-29-47(77-62-25-13-9-21-52(62)58-36-56-50-19-7-11-23-60(50)75(65(56)38-67(58)77)45-15-3-1-4-16-45)35-54(49)55-33-42(40-73)27-32-64(55)78-63-26-14-10-22-53(63)59-37-57-51-20-8-12-24-61(51)76(66(57)39-68(59)78)46-17-5-2-6-18-46/h1-39H. The molecule has 15 rings (SSSR count). The molecule has 0 saturated carbocycles. The van der Waals surface area contributed by atoms with Crippen molar-refractivity contribution in [2.45, 2.75) is 6.18 Å². The second kappa shape index (κ2) is 17.0. The maximum absolute atomic E-state index is 14.4. The van der Waals surface area contributed by atoms with E-state index in [1.54, 1.807) is 0 Å². The van der Waals surface area contributed by atoms with Gasteiger partial charge in [-0.15, -0.1) is 0 Å². The van der Waals surface area contributed by atoms with Gasteiger partial charge in [0.1, 0.15) is 0 Å². The zero-order valence-electron chi connectivity index (χ0n) is 41.3. The highest BCUT2D eigenvalue weighted by atomic mass is 19.4. The number of nitriles is 2. The molecule has 78 heavy (non-hydrogen) atoms. The number of aromatic nitrogens is 4. The van der Waals surface area contributed by atoms with Gasteiger partial charge in [-0.2, -0.15) is 23.7 Å². The fourth-order valence-corrected chi connectivity index (χ4v) is 12.3. The van der Waals surface area contributed by atoms with Crippen LogP contribution in [0.4, 0.5) is 13.2 Å². The Morgan fingerprint density at radius 3 is 1.21 bits per heavy atom. The summed E-state index contributed by atoms with van der Waals surface area (Å²) in [5.74, 6) is 0. The highest BCUT2D eigenvalue weighted by Crippen LogP contribution is 2.46. The van der Waals surface area contributed by atoms with Gasteiger partial charge in [-0.1, -0.05) is 121 Å². The molecular formula is C69H39F3N6. The van der Waals surface area contributed by atoms with Crippen molar-refractivity contribution >= 4 is 87.2 Å². The number of halogens is 3. The topological polar surface area (TPSA) is 67.3 Å². The molecule has 15 aromatic rings. The fraction of sp³-hybridized carbons (Fsp3) is 0.0145. The van der Waals surface area contributed by atoms with Crippen molar-refractivity contribution in [3.63, 3.8) is 0 Å². The van der Waals surface area contributed by atoms with Gasteiger partial charge in [-0.25, -0.2) is 0 Å². The summed E-state index contributed by atoms with van der Waals surface area (Å²) < 4.78 is 52.3. The first-order valence-corrected chi connectivity index (χ1v) is 25.6. The van der Waals surface area contributed by atoms with Gasteiger partial charge in [0.25, 0.3) is 0 Å². The van der Waals surface area contributed by atoms with E-state index in [0.29, 0.717) is 27.8 Å². The van der Waals surface area contributed by atoms with E-state index < -0.39 is 11.7 Å². The number of hydrogen-bond donors (Lipinski definition) is 0. The molecule has 0 bridgehead atoms. The minimum atomic E-state index is -4.67. The molecule has 11 aromatic carbocycles. The van der Waals surface area contributed by atoms with E-state index in [4.69, 9.17) is 0 Å². The monoisotopic (exact) mass is 1010 g/mol. The summed E-state index contributed by atoms with van der Waals surface area (Å²) >= 11 is 0. The second-order valence-corrected chi connectivity index (χ2v) is 19.8. The van der Waals surface area contributed by atoms with E-state index in [9.17, 15) is 23.7 Å². The Morgan fingerprint density at radius 2 is 0.731 bits per heavy atom. The minimum Gasteiger partial charge on any atom is -0.309 e. The molecule has 0 N–H and O–H groups in total. The zero-order chi connectivity index (χ0) is 52.4. The highest BCUT2D eigenvalue weighted by Gasteiger charge is 2.32. The van der Waals surface area contributed by atoms with Crippen molar-refractivity contribution in [2.75, 3.05) is 0 Å². The van der Waals surface area contributed by atoms with E-state index in [2.05, 4.69) is 158 Å². The Morgan fingerprint density at radius 1 is 0.295 bits per heavy atom. The van der Waals surface area contributed by atoms with Crippen LogP contribution in [0.1, 0.15) is 16.7 Å². The van der Waals surface area contributed by atoms with Crippen molar-refractivity contribution in [1.82, 2.24) is 18.3 Å². The van der Waals surface area contributed by atoms with Gasteiger partial charge in [-0.3, -0.25) is 0 Å². The Balaban J connectivity index is 1.05. The van der Waals surface area contributed by atoms with Crippen molar-refractivity contribution in [1.29, 1.82) is 10.5 Å². The van der Waals surface area contributed by atoms with Crippen LogP contribution < -0.4 is 0 Å². The van der Waals surface area contributed by atoms with E-state index in [-0.39, 0.29) is 5.56 Å². The van der Waals surface area contributed by atoms with Crippen molar-refractivity contribution in [3.8, 4) is 57.1 Å². The van der Waals surface area contributed by atoms with Crippen LogP contribution in [0.25, 0.3) is 132 Å². The minimum absolute atomic E-state index is 0.127. The molecule has 4 heterocycles. The van der Waals surface area contributed by atoms with Crippen LogP contribution in [-0.4, -0.2) is 18.3 Å². The molecule has 0 atom stereocenters. The van der Waals surface area contributed by atoms with E-state index in [1.807, 2.05) is 91.0 Å². The summed E-state index contributed by atoms with van der Waals surface area (Å²) in [6, 6.07) is 82.6. The van der Waals surface area contributed by atoms with Crippen LogP contribution in [0.5, 0.6) is 0 Å². The lowest BCUT2D eigenvalue weighted by Crippen LogP contribution is -2.06. The number of hydrogen-bond acceptors (Lipinski definition) is 2. The molecule has 0 amide bonds. The molecule has 0 saturated heterocycles. The van der Waals surface area contributed by atoms with Crippen LogP contribution in [0, 0.1) is 22.7 Å². The maximum atomic E-state index is 14.4. The maximum Gasteiger partial charge on any atom is 0.416 e. The Labute approximate surface area is 443 Å². The predicted octanol–water partition coefficient (Wildman–Crippen LogP) is 18.2. The Kier molecular flexibility index (Phi) is 9.75. The van der Waals surface area contributed by atoms with Crippen molar-refractivity contribution in [2.24, 2.45) is 0 Å². The van der Waals surface area contributed by atoms with E-state index in [0.717, 1.165) is 122 Å². The molecule has 6 nitrogen and oxygen atoms in total. The van der Waals surface area contributed by atoms with E-state index >= 15 is 0 Å². The molecule has 0 spiro atoms. The molecule has 0 unspecified atom stereocenters. The smallest absolute Gasteiger partial charge is 0.309 e. The van der Waals surface area contributed by atoms with Crippen LogP contribution in [0.3, 0.4) is 0 Å². The van der Waals surface area contributed by atoms with Gasteiger partial charge in [0.2, 0.25) is 0 Å². The molecule has 0 aliphatic rings. The molecule has 9 heteroatoms. The summed E-state index contributed by atoms with van der Waals surface area (Å²) in [6.45, 7) is 0. The zero-order valence-corrected chi connectivity index (χ0v) is 41.3. The molecular weight excluding hydrogens is 970 g/mol. The Hall–Kier alpha value is -10.6. The third-order valence-electron chi connectivity index (χ3n) is 15.6. The highest BCUT2D eigenvalue weighted by molar-refractivity contribution is 6.21. The lowest BCUT2D eigenvalue weighted by atomic mass is 9.89. The van der Waals surface area contributed by atoms with Crippen molar-refractivity contribution in [3.05, 3.63) is 253 Å². The lowest BCUT2D eigenvalue weighted by molar-refractivity contribution is -0.137. The summed E-state index contributed by atoms with van der Waals surface area (Å²) in [4.78, 5) is 0. The van der Waals surface area contributed by atoms with Gasteiger partial charge in [-0.05, 0) is 126 Å². The molecule has 0 radical (unpaired) electrons. The Bertz CT molecular complexity index is 5100. The number of benzene rings is 11. The molecule has 366 valence electrons. The first kappa shape index (κ1) is 44.8. The number of rotatable bonds is 6. The van der Waals surface area contributed by atoms with Gasteiger partial charge >= 0.3 is 6.18 Å². The average molecular weight is 1010 g/mol. The molecule has 0 fully saturated rings. The molecule has 4 aromatic heterocycles. The van der Waals surface area contributed by atoms with Crippen LogP contribution in [0.15, 0.2) is 237 Å². The van der Waals surface area contributed by atoms with Gasteiger partial charge in [0.15, 0.2) is 0 Å². The number of fused-ring (bicyclic) bond motifs is 12. The van der Waals surface area contributed by atoms with E-state index in [1.165, 1.54) is 6.07 Å². The third-order valence-corrected chi connectivity index (χ3v) is 15.6. The van der Waals surface area contributed by atoms with Crippen LogP contribution in [0.2, 0.25) is 0 Å². The lowest BCUT2D eigenvalue weighted by Gasteiger charge is -2.20. The summed E-state index contributed by atoms with van der Waals surface area (Å²) in [7, 11) is 0. The van der Waals surface area contributed by atoms with Crippen molar-refractivity contribution < 1.29 is 13.2 Å². The third kappa shape index (κ3) is 6.62. The number of alkyl halides is 3. The first-order valence-electron chi connectivity index (χ1n) is 25.6. The van der Waals surface area contributed by atoms with Gasteiger partial charge in [0, 0.05) is 71.3 Å². The quantitative estimate of drug-likeness (QED) is 0.167. The average Bonchev–Trinajstić information content (AvgIpc) is 4.26. The molecule has 0 aliphatic carbocycles. The van der Waals surface area contributed by atoms with Crippen LogP contribution >= 0.6 is 0 Å². The van der Waals surface area contributed by atoms with Gasteiger partial charge in [0.05, 0.1) is 78.6 Å². The number of para-hydroxylation sites is 6. The van der Waals surface area contributed by atoms with Gasteiger partial charge < -0.3 is 18.3 Å². The molecule has 0 aliphatic heterocycles. The predicted molar refractivity (Wildman–Crippen MR) is 309 cm³/mol. The normalized spacial score (nSPS) is 12.0.